The van der Waals surface area contributed by atoms with E-state index in [4.69, 9.17) is 5.73 Å². The summed E-state index contributed by atoms with van der Waals surface area (Å²) in [5.41, 5.74) is -1.78. The van der Waals surface area contributed by atoms with Gasteiger partial charge in [-0.1, -0.05) is 12.1 Å². The number of hydrogen-bond acceptors (Lipinski definition) is 10. The molecular weight excluding hydrogens is 436 g/mol. The molecule has 0 heterocycles. The third-order valence-electron chi connectivity index (χ3n) is 7.03. The number of amides is 1. The van der Waals surface area contributed by atoms with Crippen molar-refractivity contribution in [1.82, 2.24) is 4.90 Å². The van der Waals surface area contributed by atoms with Crippen molar-refractivity contribution in [2.45, 2.75) is 30.3 Å². The fraction of sp³-hybridized carbons (Fsp3) is 0.409. The molecule has 8 N–H and O–H groups in total. The van der Waals surface area contributed by atoms with E-state index in [0.29, 0.717) is 0 Å². The van der Waals surface area contributed by atoms with E-state index in [2.05, 4.69) is 0 Å². The number of aliphatic hydroxyl groups excluding tert-OH is 3. The number of benzene rings is 1. The molecule has 0 bridgehead atoms. The summed E-state index contributed by atoms with van der Waals surface area (Å²) in [6.45, 7) is 1.25. The Morgan fingerprint density at radius 2 is 1.73 bits per heavy atom. The molecule has 1 unspecified atom stereocenters. The number of carbonyl (C=O) groups excluding carboxylic acids is 3. The Morgan fingerprint density at radius 3 is 2.27 bits per heavy atom. The smallest absolute Gasteiger partial charge is 0.255 e. The van der Waals surface area contributed by atoms with Crippen LogP contribution in [0.5, 0.6) is 5.75 Å². The van der Waals surface area contributed by atoms with Gasteiger partial charge in [-0.15, -0.1) is 0 Å². The highest BCUT2D eigenvalue weighted by molar-refractivity contribution is 6.24. The number of nitrogens with zero attached hydrogens (tertiary/aromatic N) is 1. The molecule has 1 amide bonds. The number of aliphatic hydroxyl groups is 5. The SMILES string of the molecule is CN(C)[C@H]1C(=O)C(C(N)=O)=C(O)[C@@]2(O)C(=O)C3=C(O)c4c(O)cccc4[C@@](C)(O)[C@H]3[C@H](O)C12. The summed E-state index contributed by atoms with van der Waals surface area (Å²) in [5.74, 6) is -9.67. The first-order valence-corrected chi connectivity index (χ1v) is 10.1. The summed E-state index contributed by atoms with van der Waals surface area (Å²) in [6.07, 6.45) is -1.87. The minimum absolute atomic E-state index is 0.00664. The van der Waals surface area contributed by atoms with Crippen LogP contribution >= 0.6 is 0 Å². The van der Waals surface area contributed by atoms with Crippen molar-refractivity contribution in [3.63, 3.8) is 0 Å². The molecule has 1 aromatic rings. The van der Waals surface area contributed by atoms with Gasteiger partial charge >= 0.3 is 0 Å². The monoisotopic (exact) mass is 460 g/mol. The van der Waals surface area contributed by atoms with Crippen LogP contribution in [0.15, 0.2) is 35.1 Å². The molecule has 0 saturated heterocycles. The third kappa shape index (κ3) is 2.61. The van der Waals surface area contributed by atoms with E-state index >= 15 is 0 Å². The maximum atomic E-state index is 13.7. The fourth-order valence-electron chi connectivity index (χ4n) is 5.60. The molecule has 1 aromatic carbocycles. The molecule has 0 aromatic heterocycles. The molecule has 6 atom stereocenters. The number of primary amides is 1. The molecule has 1 fully saturated rings. The van der Waals surface area contributed by atoms with Crippen molar-refractivity contribution in [3.05, 3.63) is 46.2 Å². The molecule has 0 aliphatic heterocycles. The Kier molecular flexibility index (Phi) is 4.78. The lowest BCUT2D eigenvalue weighted by Crippen LogP contribution is -2.71. The number of likely N-dealkylation sites (N-methyl/N-ethyl adjacent to an activating group) is 1. The van der Waals surface area contributed by atoms with Gasteiger partial charge in [-0.05, 0) is 32.6 Å². The number of carbonyl (C=O) groups is 3. The number of phenols is 1. The molecule has 176 valence electrons. The number of hydrogen-bond donors (Lipinski definition) is 7. The third-order valence-corrected chi connectivity index (χ3v) is 7.03. The highest BCUT2D eigenvalue weighted by atomic mass is 16.4. The van der Waals surface area contributed by atoms with Gasteiger partial charge in [0.15, 0.2) is 11.4 Å². The second-order valence-electron chi connectivity index (χ2n) is 9.06. The molecule has 33 heavy (non-hydrogen) atoms. The number of Topliss-reactive ketones (excluding diaryl/α,β-unsaturated/α-hetero) is 2. The number of ketones is 2. The van der Waals surface area contributed by atoms with E-state index in [1.807, 2.05) is 0 Å². The van der Waals surface area contributed by atoms with Crippen LogP contribution in [0.3, 0.4) is 0 Å². The van der Waals surface area contributed by atoms with Gasteiger partial charge in [-0.2, -0.15) is 0 Å². The summed E-state index contributed by atoms with van der Waals surface area (Å²) < 4.78 is 0. The summed E-state index contributed by atoms with van der Waals surface area (Å²) >= 11 is 0. The van der Waals surface area contributed by atoms with Gasteiger partial charge in [-0.3, -0.25) is 19.3 Å². The zero-order chi connectivity index (χ0) is 24.8. The predicted octanol–water partition coefficient (Wildman–Crippen LogP) is -1.40. The van der Waals surface area contributed by atoms with E-state index in [1.165, 1.54) is 44.1 Å². The van der Waals surface area contributed by atoms with E-state index in [9.17, 15) is 45.0 Å². The first-order chi connectivity index (χ1) is 15.2. The summed E-state index contributed by atoms with van der Waals surface area (Å²) in [7, 11) is 2.80. The molecule has 3 aliphatic carbocycles. The Bertz CT molecular complexity index is 1180. The standard InChI is InChI=1S/C22H24N2O9/c1-21(32)7-5-4-6-8(25)9(7)15(26)10-12(21)17(28)13-14(24(2)3)16(27)11(20(23)31)19(30)22(13,33)18(10)29/h4-6,12-14,17,25-26,28,30,32-33H,1-3H3,(H2,23,31)/t12-,13?,14-,17+,21-,22+/m1/s1. The van der Waals surface area contributed by atoms with Gasteiger partial charge in [0.1, 0.15) is 22.8 Å². The maximum absolute atomic E-state index is 13.7. The first-order valence-electron chi connectivity index (χ1n) is 10.1. The van der Waals surface area contributed by atoms with Gasteiger partial charge in [-0.25, -0.2) is 0 Å². The summed E-state index contributed by atoms with van der Waals surface area (Å²) in [5, 5.41) is 66.3. The second kappa shape index (κ2) is 6.87. The molecule has 3 aliphatic rings. The van der Waals surface area contributed by atoms with Crippen LogP contribution in [0.4, 0.5) is 0 Å². The predicted molar refractivity (Wildman–Crippen MR) is 112 cm³/mol. The Hall–Kier alpha value is -3.25. The van der Waals surface area contributed by atoms with Crippen LogP contribution in [-0.4, -0.2) is 84.9 Å². The van der Waals surface area contributed by atoms with E-state index in [0.717, 1.165) is 0 Å². The summed E-state index contributed by atoms with van der Waals surface area (Å²) in [4.78, 5) is 39.9. The fourth-order valence-corrected chi connectivity index (χ4v) is 5.60. The average molecular weight is 460 g/mol. The Labute approximate surface area is 187 Å². The number of aromatic hydroxyl groups is 1. The van der Waals surface area contributed by atoms with Crippen LogP contribution < -0.4 is 5.73 Å². The Morgan fingerprint density at radius 1 is 1.12 bits per heavy atom. The maximum Gasteiger partial charge on any atom is 0.255 e. The average Bonchev–Trinajstić information content (AvgIpc) is 2.70. The molecule has 0 radical (unpaired) electrons. The molecule has 11 heteroatoms. The quantitative estimate of drug-likeness (QED) is 0.257. The van der Waals surface area contributed by atoms with E-state index < -0.39 is 81.1 Å². The van der Waals surface area contributed by atoms with Crippen molar-refractivity contribution in [2.75, 3.05) is 14.1 Å². The van der Waals surface area contributed by atoms with Crippen LogP contribution in [0.1, 0.15) is 18.1 Å². The van der Waals surface area contributed by atoms with Gasteiger partial charge < -0.3 is 36.4 Å². The van der Waals surface area contributed by atoms with Crippen molar-refractivity contribution in [3.8, 4) is 5.75 Å². The highest BCUT2D eigenvalue weighted by Crippen LogP contribution is 2.57. The van der Waals surface area contributed by atoms with Crippen molar-refractivity contribution >= 4 is 23.2 Å². The Balaban J connectivity index is 2.11. The van der Waals surface area contributed by atoms with Gasteiger partial charge in [0, 0.05) is 0 Å². The van der Waals surface area contributed by atoms with Gasteiger partial charge in [0.25, 0.3) is 5.91 Å². The highest BCUT2D eigenvalue weighted by Gasteiger charge is 2.70. The zero-order valence-electron chi connectivity index (χ0n) is 18.0. The summed E-state index contributed by atoms with van der Waals surface area (Å²) in [6, 6.07) is 2.50. The molecule has 4 rings (SSSR count). The van der Waals surface area contributed by atoms with Crippen molar-refractivity contribution in [1.29, 1.82) is 0 Å². The van der Waals surface area contributed by atoms with Crippen molar-refractivity contribution < 1.29 is 45.0 Å². The van der Waals surface area contributed by atoms with Crippen LogP contribution in [0, 0.1) is 11.8 Å². The lowest BCUT2D eigenvalue weighted by Gasteiger charge is -2.55. The number of phenolic OH excluding ortho intramolecular Hbond substituents is 1. The van der Waals surface area contributed by atoms with Crippen molar-refractivity contribution in [2.24, 2.45) is 17.6 Å². The van der Waals surface area contributed by atoms with Crippen LogP contribution in [-0.2, 0) is 20.0 Å². The van der Waals surface area contributed by atoms with E-state index in [-0.39, 0.29) is 11.1 Å². The van der Waals surface area contributed by atoms with E-state index in [1.54, 1.807) is 0 Å². The lowest BCUT2D eigenvalue weighted by molar-refractivity contribution is -0.181. The topological polar surface area (TPSA) is 202 Å². The molecule has 1 saturated carbocycles. The van der Waals surface area contributed by atoms with Gasteiger partial charge in [0.05, 0.1) is 40.7 Å². The lowest BCUT2D eigenvalue weighted by atomic mass is 9.53. The van der Waals surface area contributed by atoms with Gasteiger partial charge in [0.2, 0.25) is 5.78 Å². The first kappa shape index (κ1) is 22.9. The zero-order valence-corrected chi connectivity index (χ0v) is 18.0. The van der Waals surface area contributed by atoms with Crippen LogP contribution in [0.2, 0.25) is 0 Å². The normalized spacial score (nSPS) is 36.0. The minimum atomic E-state index is -3.02. The number of nitrogens with two attached hydrogens (primary N) is 1. The largest absolute Gasteiger partial charge is 0.508 e. The molecule has 0 spiro atoms. The molecule has 11 nitrogen and oxygen atoms in total. The van der Waals surface area contributed by atoms with Crippen LogP contribution in [0.25, 0.3) is 5.76 Å². The second-order valence-corrected chi connectivity index (χ2v) is 9.06. The number of fused-ring (bicyclic) bond motifs is 3. The minimum Gasteiger partial charge on any atom is -0.508 e. The molecular formula is C22H24N2O9. The number of rotatable bonds is 2.